The van der Waals surface area contributed by atoms with Crippen molar-refractivity contribution in [2.24, 2.45) is 0 Å². The molecule has 2 rings (SSSR count). The van der Waals surface area contributed by atoms with Gasteiger partial charge in [0.05, 0.1) is 26.6 Å². The van der Waals surface area contributed by atoms with Crippen molar-refractivity contribution < 1.29 is 9.84 Å². The van der Waals surface area contributed by atoms with Crippen LogP contribution >= 0.6 is 0 Å². The van der Waals surface area contributed by atoms with Gasteiger partial charge in [-0.3, -0.25) is 9.36 Å². The second-order valence-corrected chi connectivity index (χ2v) is 4.34. The van der Waals surface area contributed by atoms with Crippen LogP contribution < -0.4 is 10.3 Å². The maximum Gasteiger partial charge on any atom is 0.253 e. The van der Waals surface area contributed by atoms with Crippen LogP contribution in [0.25, 0.3) is 0 Å². The topological polar surface area (TPSA) is 64.3 Å². The highest BCUT2D eigenvalue weighted by atomic mass is 16.5. The molecule has 0 saturated carbocycles. The summed E-state index contributed by atoms with van der Waals surface area (Å²) in [6.45, 7) is 0.396. The number of aliphatic hydroxyl groups is 1. The van der Waals surface area contributed by atoms with Crippen LogP contribution in [0.2, 0.25) is 0 Å². The summed E-state index contributed by atoms with van der Waals surface area (Å²) in [5, 5.41) is 8.79. The molecule has 0 spiro atoms. The molecular formula is C16H16N2O3. The molecule has 5 heteroatoms. The minimum atomic E-state index is -0.123. The Balaban J connectivity index is 2.38. The van der Waals surface area contributed by atoms with Crippen LogP contribution in [0.1, 0.15) is 17.5 Å². The normalized spacial score (nSPS) is 9.81. The van der Waals surface area contributed by atoms with Gasteiger partial charge in [-0.1, -0.05) is 11.8 Å². The molecule has 1 aromatic carbocycles. The van der Waals surface area contributed by atoms with E-state index < -0.39 is 0 Å². The lowest BCUT2D eigenvalue weighted by Gasteiger charge is -2.09. The summed E-state index contributed by atoms with van der Waals surface area (Å²) in [4.78, 5) is 15.7. The first-order valence-corrected chi connectivity index (χ1v) is 6.51. The van der Waals surface area contributed by atoms with Gasteiger partial charge >= 0.3 is 0 Å². The zero-order valence-electron chi connectivity index (χ0n) is 11.7. The number of ether oxygens (including phenoxy) is 1. The largest absolute Gasteiger partial charge is 0.497 e. The molecule has 21 heavy (non-hydrogen) atoms. The second-order valence-electron chi connectivity index (χ2n) is 4.34. The Morgan fingerprint density at radius 3 is 2.95 bits per heavy atom. The Morgan fingerprint density at radius 2 is 2.24 bits per heavy atom. The van der Waals surface area contributed by atoms with Crippen LogP contribution in [-0.4, -0.2) is 28.4 Å². The summed E-state index contributed by atoms with van der Waals surface area (Å²) in [5.74, 6) is 6.59. The average Bonchev–Trinajstić information content (AvgIpc) is 2.51. The Hall–Kier alpha value is -2.58. The van der Waals surface area contributed by atoms with E-state index in [-0.39, 0.29) is 12.2 Å². The quantitative estimate of drug-likeness (QED) is 0.852. The first-order chi connectivity index (χ1) is 10.2. The molecule has 0 aliphatic carbocycles. The van der Waals surface area contributed by atoms with Crippen molar-refractivity contribution >= 4 is 0 Å². The van der Waals surface area contributed by atoms with Gasteiger partial charge in [0, 0.05) is 24.2 Å². The number of aromatic nitrogens is 2. The van der Waals surface area contributed by atoms with Gasteiger partial charge in [0.25, 0.3) is 5.56 Å². The summed E-state index contributed by atoms with van der Waals surface area (Å²) >= 11 is 0. The minimum absolute atomic E-state index is 0.0283. The van der Waals surface area contributed by atoms with Gasteiger partial charge in [-0.25, -0.2) is 4.98 Å². The van der Waals surface area contributed by atoms with E-state index in [1.165, 1.54) is 23.2 Å². The highest BCUT2D eigenvalue weighted by molar-refractivity contribution is 5.45. The van der Waals surface area contributed by atoms with Crippen molar-refractivity contribution in [1.29, 1.82) is 0 Å². The van der Waals surface area contributed by atoms with Crippen LogP contribution in [0.3, 0.4) is 0 Å². The minimum Gasteiger partial charge on any atom is -0.497 e. The predicted molar refractivity (Wildman–Crippen MR) is 79.2 cm³/mol. The fourth-order valence-electron chi connectivity index (χ4n) is 1.84. The molecule has 0 aliphatic heterocycles. The van der Waals surface area contributed by atoms with Gasteiger partial charge in [0.2, 0.25) is 0 Å². The molecule has 0 saturated heterocycles. The maximum atomic E-state index is 11.8. The maximum absolute atomic E-state index is 11.8. The predicted octanol–water partition coefficient (Wildman–Crippen LogP) is 1.03. The highest BCUT2D eigenvalue weighted by Gasteiger charge is 2.05. The molecule has 0 aliphatic rings. The summed E-state index contributed by atoms with van der Waals surface area (Å²) in [7, 11) is 1.59. The van der Waals surface area contributed by atoms with Crippen molar-refractivity contribution in [3.63, 3.8) is 0 Å². The SMILES string of the molecule is COc1ccc(C#CCCO)c(Cn2cnccc2=O)c1. The Morgan fingerprint density at radius 1 is 1.38 bits per heavy atom. The number of benzene rings is 1. The third-order valence-corrected chi connectivity index (χ3v) is 2.91. The van der Waals surface area contributed by atoms with Crippen molar-refractivity contribution in [1.82, 2.24) is 9.55 Å². The molecule has 0 bridgehead atoms. The molecular weight excluding hydrogens is 268 g/mol. The molecule has 108 valence electrons. The van der Waals surface area contributed by atoms with E-state index in [1.807, 2.05) is 18.2 Å². The Bertz CT molecular complexity index is 726. The van der Waals surface area contributed by atoms with E-state index in [1.54, 1.807) is 7.11 Å². The molecule has 0 amide bonds. The number of hydrogen-bond donors (Lipinski definition) is 1. The summed E-state index contributed by atoms with van der Waals surface area (Å²) in [6, 6.07) is 6.93. The lowest BCUT2D eigenvalue weighted by molar-refractivity contribution is 0.305. The number of hydrogen-bond acceptors (Lipinski definition) is 4. The fourth-order valence-corrected chi connectivity index (χ4v) is 1.84. The Labute approximate surface area is 122 Å². The number of methoxy groups -OCH3 is 1. The molecule has 0 atom stereocenters. The molecule has 0 radical (unpaired) electrons. The molecule has 2 aromatic rings. The van der Waals surface area contributed by atoms with E-state index >= 15 is 0 Å². The lowest BCUT2D eigenvalue weighted by atomic mass is 10.1. The standard InChI is InChI=1S/C16H16N2O3/c1-21-15-6-5-13(4-2-3-9-19)14(10-15)11-18-12-17-8-7-16(18)20/h5-8,10,12,19H,3,9,11H2,1H3. The fraction of sp³-hybridized carbons (Fsp3) is 0.250. The molecule has 1 heterocycles. The monoisotopic (exact) mass is 284 g/mol. The van der Waals surface area contributed by atoms with Crippen LogP contribution in [0.4, 0.5) is 0 Å². The summed E-state index contributed by atoms with van der Waals surface area (Å²) in [6.07, 6.45) is 3.37. The molecule has 5 nitrogen and oxygen atoms in total. The lowest BCUT2D eigenvalue weighted by Crippen LogP contribution is -2.19. The van der Waals surface area contributed by atoms with E-state index in [0.717, 1.165) is 11.1 Å². The Kier molecular flexibility index (Phi) is 5.13. The zero-order valence-corrected chi connectivity index (χ0v) is 11.7. The van der Waals surface area contributed by atoms with E-state index in [4.69, 9.17) is 9.84 Å². The third-order valence-electron chi connectivity index (χ3n) is 2.91. The van der Waals surface area contributed by atoms with Crippen LogP contribution in [0, 0.1) is 11.8 Å². The molecule has 1 N–H and O–H groups in total. The van der Waals surface area contributed by atoms with Gasteiger partial charge in [-0.15, -0.1) is 0 Å². The second kappa shape index (κ2) is 7.27. The van der Waals surface area contributed by atoms with Crippen LogP contribution in [0.5, 0.6) is 5.75 Å². The first-order valence-electron chi connectivity index (χ1n) is 6.51. The van der Waals surface area contributed by atoms with E-state index in [2.05, 4.69) is 16.8 Å². The van der Waals surface area contributed by atoms with Gasteiger partial charge in [0.1, 0.15) is 5.75 Å². The highest BCUT2D eigenvalue weighted by Crippen LogP contribution is 2.17. The molecule has 0 fully saturated rings. The van der Waals surface area contributed by atoms with Gasteiger partial charge in [-0.05, 0) is 23.8 Å². The number of rotatable bonds is 4. The number of nitrogens with zero attached hydrogens (tertiary/aromatic N) is 2. The summed E-state index contributed by atoms with van der Waals surface area (Å²) in [5.41, 5.74) is 1.55. The average molecular weight is 284 g/mol. The first kappa shape index (κ1) is 14.8. The van der Waals surface area contributed by atoms with Crippen LogP contribution in [-0.2, 0) is 6.54 Å². The molecule has 1 aromatic heterocycles. The van der Waals surface area contributed by atoms with Crippen molar-refractivity contribution in [3.8, 4) is 17.6 Å². The zero-order chi connectivity index (χ0) is 15.1. The van der Waals surface area contributed by atoms with Gasteiger partial charge in [-0.2, -0.15) is 0 Å². The van der Waals surface area contributed by atoms with Gasteiger partial charge in [0.15, 0.2) is 0 Å². The van der Waals surface area contributed by atoms with Crippen molar-refractivity contribution in [3.05, 3.63) is 58.3 Å². The van der Waals surface area contributed by atoms with E-state index in [0.29, 0.717) is 18.7 Å². The van der Waals surface area contributed by atoms with Crippen molar-refractivity contribution in [2.75, 3.05) is 13.7 Å². The summed E-state index contributed by atoms with van der Waals surface area (Å²) < 4.78 is 6.72. The third kappa shape index (κ3) is 3.94. The smallest absolute Gasteiger partial charge is 0.253 e. The van der Waals surface area contributed by atoms with Crippen LogP contribution in [0.15, 0.2) is 41.6 Å². The van der Waals surface area contributed by atoms with Gasteiger partial charge < -0.3 is 9.84 Å². The molecule has 0 unspecified atom stereocenters. The van der Waals surface area contributed by atoms with Crippen molar-refractivity contribution in [2.45, 2.75) is 13.0 Å². The number of aliphatic hydroxyl groups excluding tert-OH is 1. The van der Waals surface area contributed by atoms with E-state index in [9.17, 15) is 4.79 Å².